The second kappa shape index (κ2) is 5.30. The Labute approximate surface area is 116 Å². The molecule has 3 atom stereocenters. The van der Waals surface area contributed by atoms with Crippen LogP contribution in [0.25, 0.3) is 0 Å². The average Bonchev–Trinajstić information content (AvgIpc) is 2.48. The molecule has 5 heteroatoms. The van der Waals surface area contributed by atoms with Crippen LogP contribution in [-0.4, -0.2) is 66.2 Å². The molecule has 0 aromatic rings. The van der Waals surface area contributed by atoms with Gasteiger partial charge in [0.15, 0.2) is 0 Å². The third-order valence-electron chi connectivity index (χ3n) is 4.65. The average molecular weight is 272 g/mol. The smallest absolute Gasteiger partial charge is 0.0788 e. The Morgan fingerprint density at radius 1 is 1.26 bits per heavy atom. The molecule has 5 nitrogen and oxygen atoms in total. The maximum absolute atomic E-state index is 9.45. The second-order valence-electron chi connectivity index (χ2n) is 6.85. The van der Waals surface area contributed by atoms with Crippen molar-refractivity contribution in [3.63, 3.8) is 0 Å². The molecular weight excluding hydrogens is 244 g/mol. The van der Waals surface area contributed by atoms with E-state index in [4.69, 9.17) is 15.2 Å². The van der Waals surface area contributed by atoms with Gasteiger partial charge in [-0.15, -0.1) is 0 Å². The Kier molecular flexibility index (Phi) is 4.23. The fraction of sp³-hybridized carbons (Fsp3) is 1.00. The maximum atomic E-state index is 9.45. The molecule has 0 bridgehead atoms. The lowest BCUT2D eigenvalue weighted by Gasteiger charge is -2.39. The van der Waals surface area contributed by atoms with E-state index >= 15 is 0 Å². The highest BCUT2D eigenvalue weighted by molar-refractivity contribution is 5.05. The Bertz CT molecular complexity index is 320. The van der Waals surface area contributed by atoms with Crippen molar-refractivity contribution in [3.8, 4) is 0 Å². The van der Waals surface area contributed by atoms with Crippen LogP contribution in [0.4, 0.5) is 0 Å². The molecular formula is C14H28N2O3. The van der Waals surface area contributed by atoms with Crippen LogP contribution >= 0.6 is 0 Å². The molecule has 2 aliphatic heterocycles. The first-order chi connectivity index (χ1) is 8.78. The summed E-state index contributed by atoms with van der Waals surface area (Å²) in [7, 11) is 0. The van der Waals surface area contributed by atoms with Crippen molar-refractivity contribution in [2.45, 2.75) is 51.0 Å². The summed E-state index contributed by atoms with van der Waals surface area (Å²) < 4.78 is 11.5. The standard InChI is InChI=1S/C14H28N2O3/c1-13(2)11(12(15)14(3,4)19-13)7-16-5-6-18-9-10(16)8-17/h10-12,17H,5-9,15H2,1-4H3. The molecule has 2 aliphatic rings. The van der Waals surface area contributed by atoms with Crippen LogP contribution in [0.1, 0.15) is 27.7 Å². The first kappa shape index (κ1) is 15.2. The molecule has 0 aromatic carbocycles. The molecule has 3 unspecified atom stereocenters. The van der Waals surface area contributed by atoms with Crippen LogP contribution in [0, 0.1) is 5.92 Å². The summed E-state index contributed by atoms with van der Waals surface area (Å²) in [6, 6.07) is 0.0881. The van der Waals surface area contributed by atoms with Gasteiger partial charge in [-0.25, -0.2) is 0 Å². The van der Waals surface area contributed by atoms with Crippen molar-refractivity contribution >= 4 is 0 Å². The molecule has 0 aromatic heterocycles. The van der Waals surface area contributed by atoms with Crippen molar-refractivity contribution in [3.05, 3.63) is 0 Å². The van der Waals surface area contributed by atoms with Crippen LogP contribution < -0.4 is 5.73 Å². The molecule has 2 fully saturated rings. The van der Waals surface area contributed by atoms with Gasteiger partial charge in [0.25, 0.3) is 0 Å². The summed E-state index contributed by atoms with van der Waals surface area (Å²) >= 11 is 0. The molecule has 0 saturated carbocycles. The Balaban J connectivity index is 2.08. The number of aliphatic hydroxyl groups is 1. The third kappa shape index (κ3) is 2.95. The van der Waals surface area contributed by atoms with Gasteiger partial charge in [-0.2, -0.15) is 0 Å². The van der Waals surface area contributed by atoms with Crippen LogP contribution in [0.5, 0.6) is 0 Å². The van der Waals surface area contributed by atoms with E-state index in [0.29, 0.717) is 6.61 Å². The molecule has 0 amide bonds. The predicted octanol–water partition coefficient (Wildman–Crippen LogP) is 0.210. The normalized spacial score (nSPS) is 38.5. The third-order valence-corrected chi connectivity index (χ3v) is 4.65. The van der Waals surface area contributed by atoms with Gasteiger partial charge in [-0.1, -0.05) is 0 Å². The number of rotatable bonds is 3. The number of ether oxygens (including phenoxy) is 2. The highest BCUT2D eigenvalue weighted by atomic mass is 16.5. The Morgan fingerprint density at radius 2 is 1.95 bits per heavy atom. The topological polar surface area (TPSA) is 68.0 Å². The van der Waals surface area contributed by atoms with E-state index in [0.717, 1.165) is 19.7 Å². The monoisotopic (exact) mass is 272 g/mol. The molecule has 3 N–H and O–H groups in total. The number of hydrogen-bond donors (Lipinski definition) is 2. The van der Waals surface area contributed by atoms with Gasteiger partial charge >= 0.3 is 0 Å². The van der Waals surface area contributed by atoms with E-state index in [9.17, 15) is 5.11 Å². The van der Waals surface area contributed by atoms with Gasteiger partial charge in [-0.05, 0) is 27.7 Å². The minimum Gasteiger partial charge on any atom is -0.395 e. The maximum Gasteiger partial charge on any atom is 0.0788 e. The summed E-state index contributed by atoms with van der Waals surface area (Å²) in [6.07, 6.45) is 0. The molecule has 19 heavy (non-hydrogen) atoms. The van der Waals surface area contributed by atoms with E-state index < -0.39 is 0 Å². The lowest BCUT2D eigenvalue weighted by Crippen LogP contribution is -2.54. The highest BCUT2D eigenvalue weighted by Crippen LogP contribution is 2.41. The van der Waals surface area contributed by atoms with Crippen LogP contribution in [0.3, 0.4) is 0 Å². The van der Waals surface area contributed by atoms with Crippen LogP contribution in [-0.2, 0) is 9.47 Å². The molecule has 112 valence electrons. The largest absolute Gasteiger partial charge is 0.395 e. The molecule has 0 radical (unpaired) electrons. The molecule has 2 rings (SSSR count). The lowest BCUT2D eigenvalue weighted by atomic mass is 9.82. The zero-order valence-electron chi connectivity index (χ0n) is 12.6. The minimum atomic E-state index is -0.296. The van der Waals surface area contributed by atoms with Crippen molar-refractivity contribution in [2.75, 3.05) is 32.9 Å². The lowest BCUT2D eigenvalue weighted by molar-refractivity contribution is -0.0855. The molecule has 0 aliphatic carbocycles. The van der Waals surface area contributed by atoms with E-state index in [1.165, 1.54) is 0 Å². The summed E-state index contributed by atoms with van der Waals surface area (Å²) in [6.45, 7) is 11.5. The minimum absolute atomic E-state index is 0.00434. The number of hydrogen-bond acceptors (Lipinski definition) is 5. The van der Waals surface area contributed by atoms with Gasteiger partial charge in [0.05, 0.1) is 37.1 Å². The molecule has 2 saturated heterocycles. The van der Waals surface area contributed by atoms with Crippen molar-refractivity contribution < 1.29 is 14.6 Å². The Hall–Kier alpha value is -0.200. The second-order valence-corrected chi connectivity index (χ2v) is 6.85. The van der Waals surface area contributed by atoms with Gasteiger partial charge in [-0.3, -0.25) is 4.90 Å². The SMILES string of the molecule is CC1(C)OC(C)(C)C(CN2CCOCC2CO)C1N. The number of nitrogens with zero attached hydrogens (tertiary/aromatic N) is 1. The fourth-order valence-electron chi connectivity index (χ4n) is 3.42. The zero-order chi connectivity index (χ0) is 14.3. The van der Waals surface area contributed by atoms with E-state index in [1.54, 1.807) is 0 Å². The fourth-order valence-corrected chi connectivity index (χ4v) is 3.42. The quantitative estimate of drug-likeness (QED) is 0.769. The first-order valence-electron chi connectivity index (χ1n) is 7.16. The summed E-state index contributed by atoms with van der Waals surface area (Å²) in [5, 5.41) is 9.45. The van der Waals surface area contributed by atoms with E-state index in [2.05, 4.69) is 32.6 Å². The zero-order valence-corrected chi connectivity index (χ0v) is 12.6. The van der Waals surface area contributed by atoms with Gasteiger partial charge in [0.1, 0.15) is 0 Å². The van der Waals surface area contributed by atoms with Gasteiger partial charge in [0.2, 0.25) is 0 Å². The van der Waals surface area contributed by atoms with Gasteiger partial charge < -0.3 is 20.3 Å². The number of aliphatic hydroxyl groups excluding tert-OH is 1. The predicted molar refractivity (Wildman–Crippen MR) is 74.0 cm³/mol. The first-order valence-corrected chi connectivity index (χ1v) is 7.16. The van der Waals surface area contributed by atoms with Crippen LogP contribution in [0.15, 0.2) is 0 Å². The molecule has 0 spiro atoms. The summed E-state index contributed by atoms with van der Waals surface area (Å²) in [4.78, 5) is 2.29. The van der Waals surface area contributed by atoms with E-state index in [1.807, 2.05) is 0 Å². The van der Waals surface area contributed by atoms with E-state index in [-0.39, 0.29) is 35.8 Å². The number of nitrogens with two attached hydrogens (primary N) is 1. The van der Waals surface area contributed by atoms with Crippen molar-refractivity contribution in [1.82, 2.24) is 4.90 Å². The summed E-state index contributed by atoms with van der Waals surface area (Å²) in [5.74, 6) is 0.259. The molecule has 2 heterocycles. The van der Waals surface area contributed by atoms with Crippen molar-refractivity contribution in [2.24, 2.45) is 11.7 Å². The van der Waals surface area contributed by atoms with Crippen molar-refractivity contribution in [1.29, 1.82) is 0 Å². The Morgan fingerprint density at radius 3 is 2.47 bits per heavy atom. The highest BCUT2D eigenvalue weighted by Gasteiger charge is 2.52. The summed E-state index contributed by atoms with van der Waals surface area (Å²) in [5.41, 5.74) is 5.86. The van der Waals surface area contributed by atoms with Crippen LogP contribution in [0.2, 0.25) is 0 Å². The van der Waals surface area contributed by atoms with Gasteiger partial charge in [0, 0.05) is 25.0 Å². The number of morpholine rings is 1.